The van der Waals surface area contributed by atoms with Gasteiger partial charge in [-0.05, 0) is 21.5 Å². The highest BCUT2D eigenvalue weighted by molar-refractivity contribution is 9.10. The fourth-order valence-electron chi connectivity index (χ4n) is 1.35. The number of hydrogen-bond acceptors (Lipinski definition) is 1. The zero-order valence-corrected chi connectivity index (χ0v) is 10.4. The molecule has 0 saturated carbocycles. The Morgan fingerprint density at radius 3 is 2.41 bits per heavy atom. The minimum absolute atomic E-state index is 0.0297. The van der Waals surface area contributed by atoms with Gasteiger partial charge < -0.3 is 4.74 Å². The largest absolute Gasteiger partial charge is 0.486 e. The molecule has 2 aromatic carbocycles. The molecule has 0 unspecified atom stereocenters. The van der Waals surface area contributed by atoms with Crippen LogP contribution in [0.2, 0.25) is 0 Å². The SMILES string of the molecule is Fc1cc(F)c(OCc2ccccc2)cc1Br. The smallest absolute Gasteiger partial charge is 0.168 e. The van der Waals surface area contributed by atoms with E-state index < -0.39 is 11.6 Å². The van der Waals surface area contributed by atoms with Crippen LogP contribution in [0.15, 0.2) is 46.9 Å². The number of benzene rings is 2. The minimum Gasteiger partial charge on any atom is -0.486 e. The average Bonchev–Trinajstić information content (AvgIpc) is 2.33. The second kappa shape index (κ2) is 5.27. The molecule has 0 spiro atoms. The first-order valence-electron chi connectivity index (χ1n) is 4.98. The molecule has 2 rings (SSSR count). The molecule has 1 nitrogen and oxygen atoms in total. The fourth-order valence-corrected chi connectivity index (χ4v) is 1.67. The number of ether oxygens (including phenoxy) is 1. The second-order valence-corrected chi connectivity index (χ2v) is 4.33. The van der Waals surface area contributed by atoms with Crippen molar-refractivity contribution in [3.8, 4) is 5.75 Å². The van der Waals surface area contributed by atoms with Gasteiger partial charge in [0, 0.05) is 12.1 Å². The number of halogens is 3. The molecule has 17 heavy (non-hydrogen) atoms. The minimum atomic E-state index is -0.707. The van der Waals surface area contributed by atoms with Gasteiger partial charge in [-0.1, -0.05) is 30.3 Å². The summed E-state index contributed by atoms with van der Waals surface area (Å²) in [6.07, 6.45) is 0. The van der Waals surface area contributed by atoms with Crippen molar-refractivity contribution < 1.29 is 13.5 Å². The molecule has 0 aliphatic heterocycles. The van der Waals surface area contributed by atoms with Gasteiger partial charge >= 0.3 is 0 Å². The summed E-state index contributed by atoms with van der Waals surface area (Å²) in [5.74, 6) is -1.32. The molecular weight excluding hydrogens is 290 g/mol. The van der Waals surface area contributed by atoms with Crippen molar-refractivity contribution in [2.24, 2.45) is 0 Å². The van der Waals surface area contributed by atoms with E-state index >= 15 is 0 Å². The predicted octanol–water partition coefficient (Wildman–Crippen LogP) is 4.31. The molecule has 0 amide bonds. The Balaban J connectivity index is 2.12. The van der Waals surface area contributed by atoms with Gasteiger partial charge in [0.25, 0.3) is 0 Å². The van der Waals surface area contributed by atoms with E-state index in [1.54, 1.807) is 0 Å². The summed E-state index contributed by atoms with van der Waals surface area (Å²) in [5.41, 5.74) is 0.923. The van der Waals surface area contributed by atoms with E-state index in [4.69, 9.17) is 4.74 Å². The van der Waals surface area contributed by atoms with E-state index in [9.17, 15) is 8.78 Å². The highest BCUT2D eigenvalue weighted by Gasteiger charge is 2.09. The Kier molecular flexibility index (Phi) is 3.74. The van der Waals surface area contributed by atoms with Crippen molar-refractivity contribution in [2.75, 3.05) is 0 Å². The molecule has 0 N–H and O–H groups in total. The third-order valence-corrected chi connectivity index (χ3v) is 2.82. The molecule has 0 atom stereocenters. The zero-order chi connectivity index (χ0) is 12.3. The lowest BCUT2D eigenvalue weighted by atomic mass is 10.2. The van der Waals surface area contributed by atoms with Crippen molar-refractivity contribution in [1.29, 1.82) is 0 Å². The quantitative estimate of drug-likeness (QED) is 0.768. The molecule has 0 bridgehead atoms. The summed E-state index contributed by atoms with van der Waals surface area (Å²) in [7, 11) is 0. The van der Waals surface area contributed by atoms with Crippen LogP contribution in [0.25, 0.3) is 0 Å². The normalized spacial score (nSPS) is 10.3. The molecule has 0 aliphatic carbocycles. The van der Waals surface area contributed by atoms with E-state index in [1.807, 2.05) is 30.3 Å². The third kappa shape index (κ3) is 3.03. The van der Waals surface area contributed by atoms with Crippen LogP contribution in [0.5, 0.6) is 5.75 Å². The lowest BCUT2D eigenvalue weighted by Gasteiger charge is -2.08. The first-order valence-corrected chi connectivity index (χ1v) is 5.77. The average molecular weight is 299 g/mol. The molecular formula is C13H9BrF2O. The maximum Gasteiger partial charge on any atom is 0.168 e. The monoisotopic (exact) mass is 298 g/mol. The topological polar surface area (TPSA) is 9.23 Å². The summed E-state index contributed by atoms with van der Waals surface area (Å²) in [5, 5.41) is 0. The first-order chi connectivity index (χ1) is 8.16. The molecule has 4 heteroatoms. The van der Waals surface area contributed by atoms with Crippen LogP contribution in [-0.2, 0) is 6.61 Å². The molecule has 0 fully saturated rings. The first kappa shape index (κ1) is 12.0. The lowest BCUT2D eigenvalue weighted by molar-refractivity contribution is 0.289. The summed E-state index contributed by atoms with van der Waals surface area (Å²) < 4.78 is 31.8. The van der Waals surface area contributed by atoms with E-state index in [1.165, 1.54) is 6.07 Å². The van der Waals surface area contributed by atoms with Gasteiger partial charge in [0.2, 0.25) is 0 Å². The van der Waals surface area contributed by atoms with Gasteiger partial charge in [-0.25, -0.2) is 8.78 Å². The van der Waals surface area contributed by atoms with Crippen molar-refractivity contribution in [3.05, 3.63) is 64.1 Å². The number of hydrogen-bond donors (Lipinski definition) is 0. The van der Waals surface area contributed by atoms with Crippen LogP contribution in [-0.4, -0.2) is 0 Å². The van der Waals surface area contributed by atoms with Crippen molar-refractivity contribution in [3.63, 3.8) is 0 Å². The van der Waals surface area contributed by atoms with Gasteiger partial charge in [-0.15, -0.1) is 0 Å². The van der Waals surface area contributed by atoms with Gasteiger partial charge in [0.05, 0.1) is 4.47 Å². The molecule has 0 aromatic heterocycles. The molecule has 0 saturated heterocycles. The van der Waals surface area contributed by atoms with E-state index in [2.05, 4.69) is 15.9 Å². The van der Waals surface area contributed by atoms with Crippen LogP contribution < -0.4 is 4.74 Å². The molecule has 0 aliphatic rings. The highest BCUT2D eigenvalue weighted by Crippen LogP contribution is 2.26. The molecule has 0 heterocycles. The second-order valence-electron chi connectivity index (χ2n) is 3.47. The van der Waals surface area contributed by atoms with E-state index in [0.717, 1.165) is 11.6 Å². The Morgan fingerprint density at radius 1 is 1.00 bits per heavy atom. The van der Waals surface area contributed by atoms with Gasteiger partial charge in [0.1, 0.15) is 12.4 Å². The summed E-state index contributed by atoms with van der Waals surface area (Å²) in [6, 6.07) is 11.5. The van der Waals surface area contributed by atoms with Gasteiger partial charge in [-0.3, -0.25) is 0 Å². The standard InChI is InChI=1S/C13H9BrF2O/c14-10-6-13(12(16)7-11(10)15)17-8-9-4-2-1-3-5-9/h1-7H,8H2. The highest BCUT2D eigenvalue weighted by atomic mass is 79.9. The van der Waals surface area contributed by atoms with Crippen LogP contribution in [0, 0.1) is 11.6 Å². The zero-order valence-electron chi connectivity index (χ0n) is 8.79. The summed E-state index contributed by atoms with van der Waals surface area (Å²) in [4.78, 5) is 0. The number of rotatable bonds is 3. The van der Waals surface area contributed by atoms with Crippen LogP contribution in [0.3, 0.4) is 0 Å². The summed E-state index contributed by atoms with van der Waals surface area (Å²) >= 11 is 2.98. The Morgan fingerprint density at radius 2 is 1.71 bits per heavy atom. The third-order valence-electron chi connectivity index (χ3n) is 2.21. The lowest BCUT2D eigenvalue weighted by Crippen LogP contribution is -1.98. The Bertz CT molecular complexity index is 514. The maximum atomic E-state index is 13.3. The predicted molar refractivity (Wildman–Crippen MR) is 64.8 cm³/mol. The van der Waals surface area contributed by atoms with E-state index in [0.29, 0.717) is 0 Å². The van der Waals surface area contributed by atoms with Crippen molar-refractivity contribution >= 4 is 15.9 Å². The van der Waals surface area contributed by atoms with E-state index in [-0.39, 0.29) is 16.8 Å². The molecule has 88 valence electrons. The molecule has 2 aromatic rings. The van der Waals surface area contributed by atoms with Crippen LogP contribution in [0.1, 0.15) is 5.56 Å². The van der Waals surface area contributed by atoms with Gasteiger partial charge in [-0.2, -0.15) is 0 Å². The van der Waals surface area contributed by atoms with Crippen molar-refractivity contribution in [1.82, 2.24) is 0 Å². The fraction of sp³-hybridized carbons (Fsp3) is 0.0769. The maximum absolute atomic E-state index is 13.3. The van der Waals surface area contributed by atoms with Crippen LogP contribution in [0.4, 0.5) is 8.78 Å². The van der Waals surface area contributed by atoms with Gasteiger partial charge in [0.15, 0.2) is 11.6 Å². The Hall–Kier alpha value is -1.42. The summed E-state index contributed by atoms with van der Waals surface area (Å²) in [6.45, 7) is 0.246. The Labute approximate surface area is 106 Å². The van der Waals surface area contributed by atoms with Crippen LogP contribution >= 0.6 is 15.9 Å². The van der Waals surface area contributed by atoms with Crippen molar-refractivity contribution in [2.45, 2.75) is 6.61 Å². The molecule has 0 radical (unpaired) electrons.